The number of amides is 1. The van der Waals surface area contributed by atoms with Gasteiger partial charge in [0.2, 0.25) is 0 Å². The van der Waals surface area contributed by atoms with E-state index in [1.807, 2.05) is 24.3 Å². The second-order valence-electron chi connectivity index (χ2n) is 6.68. The maximum atomic E-state index is 13.4. The van der Waals surface area contributed by atoms with E-state index in [4.69, 9.17) is 4.42 Å². The summed E-state index contributed by atoms with van der Waals surface area (Å²) in [5, 5.41) is 0.711. The SMILES string of the molecule is O=C(c1cc2ccccc2oc1=O)N1CCc2[nH]cnc2C1c1ccncc1. The number of imidazole rings is 1. The zero-order valence-electron chi connectivity index (χ0n) is 14.8. The second kappa shape index (κ2) is 6.45. The summed E-state index contributed by atoms with van der Waals surface area (Å²) in [6, 6.07) is 12.1. The summed E-state index contributed by atoms with van der Waals surface area (Å²) in [6.07, 6.45) is 5.64. The van der Waals surface area contributed by atoms with E-state index in [2.05, 4.69) is 15.0 Å². The lowest BCUT2D eigenvalue weighted by atomic mass is 9.95. The molecule has 4 heterocycles. The van der Waals surface area contributed by atoms with E-state index in [1.165, 1.54) is 0 Å². The monoisotopic (exact) mass is 372 g/mol. The standard InChI is InChI=1S/C21H16N4O3/c26-20(15-11-14-3-1-2-4-17(14)28-21(15)27)25-10-7-16-18(24-12-23-16)19(25)13-5-8-22-9-6-13/h1-6,8-9,11-12,19H,7,10H2,(H,23,24). The first-order valence-corrected chi connectivity index (χ1v) is 8.98. The van der Waals surface area contributed by atoms with E-state index >= 15 is 0 Å². The van der Waals surface area contributed by atoms with E-state index < -0.39 is 11.7 Å². The van der Waals surface area contributed by atoms with Crippen LogP contribution in [0.3, 0.4) is 0 Å². The van der Waals surface area contributed by atoms with Crippen molar-refractivity contribution in [3.05, 3.63) is 94.1 Å². The maximum Gasteiger partial charge on any atom is 0.349 e. The molecule has 7 nitrogen and oxygen atoms in total. The van der Waals surface area contributed by atoms with Gasteiger partial charge in [-0.05, 0) is 29.8 Å². The minimum absolute atomic E-state index is 0.0248. The molecule has 0 spiro atoms. The molecule has 3 aromatic heterocycles. The Morgan fingerprint density at radius 3 is 2.86 bits per heavy atom. The van der Waals surface area contributed by atoms with Gasteiger partial charge in [-0.1, -0.05) is 18.2 Å². The lowest BCUT2D eigenvalue weighted by molar-refractivity contribution is 0.0686. The van der Waals surface area contributed by atoms with Crippen LogP contribution in [0, 0.1) is 0 Å². The van der Waals surface area contributed by atoms with Crippen molar-refractivity contribution in [2.45, 2.75) is 12.5 Å². The Labute approximate surface area is 159 Å². The number of pyridine rings is 1. The highest BCUT2D eigenvalue weighted by Crippen LogP contribution is 2.34. The predicted octanol–water partition coefficient (Wildman–Crippen LogP) is 2.70. The zero-order chi connectivity index (χ0) is 19.1. The van der Waals surface area contributed by atoms with Gasteiger partial charge in [0.15, 0.2) is 0 Å². The fourth-order valence-electron chi connectivity index (χ4n) is 3.74. The largest absolute Gasteiger partial charge is 0.422 e. The van der Waals surface area contributed by atoms with E-state index in [1.54, 1.807) is 41.8 Å². The first-order chi connectivity index (χ1) is 13.7. The number of H-pyrrole nitrogens is 1. The summed E-state index contributed by atoms with van der Waals surface area (Å²) in [5.41, 5.74) is 2.53. The number of nitrogens with zero attached hydrogens (tertiary/aromatic N) is 3. The number of nitrogens with one attached hydrogen (secondary N) is 1. The first kappa shape index (κ1) is 16.4. The highest BCUT2D eigenvalue weighted by molar-refractivity contribution is 5.97. The van der Waals surface area contributed by atoms with Crippen molar-refractivity contribution >= 4 is 16.9 Å². The molecule has 0 aliphatic carbocycles. The van der Waals surface area contributed by atoms with Gasteiger partial charge in [-0.2, -0.15) is 0 Å². The summed E-state index contributed by atoms with van der Waals surface area (Å²) in [7, 11) is 0. The molecule has 7 heteroatoms. The van der Waals surface area contributed by atoms with Gasteiger partial charge in [-0.15, -0.1) is 0 Å². The summed E-state index contributed by atoms with van der Waals surface area (Å²) >= 11 is 0. The highest BCUT2D eigenvalue weighted by atomic mass is 16.4. The van der Waals surface area contributed by atoms with Crippen molar-refractivity contribution in [1.82, 2.24) is 19.9 Å². The van der Waals surface area contributed by atoms with Crippen molar-refractivity contribution in [2.24, 2.45) is 0 Å². The van der Waals surface area contributed by atoms with E-state index in [9.17, 15) is 9.59 Å². The molecule has 5 rings (SSSR count). The number of aromatic amines is 1. The Morgan fingerprint density at radius 1 is 1.18 bits per heavy atom. The Morgan fingerprint density at radius 2 is 2.00 bits per heavy atom. The fraction of sp³-hybridized carbons (Fsp3) is 0.143. The molecular formula is C21H16N4O3. The lowest BCUT2D eigenvalue weighted by Gasteiger charge is -2.35. The van der Waals surface area contributed by atoms with Crippen LogP contribution in [0.1, 0.15) is 33.4 Å². The normalized spacial score (nSPS) is 16.1. The summed E-state index contributed by atoms with van der Waals surface area (Å²) < 4.78 is 5.37. The number of hydrogen-bond acceptors (Lipinski definition) is 5. The molecule has 1 atom stereocenters. The molecule has 1 aliphatic rings. The molecule has 28 heavy (non-hydrogen) atoms. The van der Waals surface area contributed by atoms with Crippen LogP contribution < -0.4 is 5.63 Å². The predicted molar refractivity (Wildman–Crippen MR) is 102 cm³/mol. The van der Waals surface area contributed by atoms with Crippen LogP contribution in [0.2, 0.25) is 0 Å². The third kappa shape index (κ3) is 2.60. The molecule has 1 aromatic carbocycles. The van der Waals surface area contributed by atoms with Gasteiger partial charge in [0.1, 0.15) is 17.2 Å². The molecule has 1 aliphatic heterocycles. The Bertz CT molecular complexity index is 1230. The number of benzene rings is 1. The molecule has 1 unspecified atom stereocenters. The number of fused-ring (bicyclic) bond motifs is 2. The highest BCUT2D eigenvalue weighted by Gasteiger charge is 2.35. The molecule has 0 saturated heterocycles. The van der Waals surface area contributed by atoms with Gasteiger partial charge in [0.05, 0.1) is 12.0 Å². The minimum Gasteiger partial charge on any atom is -0.422 e. The van der Waals surface area contributed by atoms with Crippen molar-refractivity contribution in [1.29, 1.82) is 0 Å². The van der Waals surface area contributed by atoms with Gasteiger partial charge in [0, 0.05) is 36.4 Å². The summed E-state index contributed by atoms with van der Waals surface area (Å²) in [5.74, 6) is -0.366. The van der Waals surface area contributed by atoms with Crippen LogP contribution in [0.4, 0.5) is 0 Å². The van der Waals surface area contributed by atoms with Crippen molar-refractivity contribution in [3.63, 3.8) is 0 Å². The van der Waals surface area contributed by atoms with Gasteiger partial charge >= 0.3 is 5.63 Å². The molecule has 1 N–H and O–H groups in total. The number of para-hydroxylation sites is 1. The minimum atomic E-state index is -0.634. The molecule has 0 radical (unpaired) electrons. The van der Waals surface area contributed by atoms with Crippen LogP contribution in [0.5, 0.6) is 0 Å². The first-order valence-electron chi connectivity index (χ1n) is 8.98. The van der Waals surface area contributed by atoms with Crippen LogP contribution in [-0.2, 0) is 6.42 Å². The molecule has 1 amide bonds. The maximum absolute atomic E-state index is 13.4. The number of carbonyl (C=O) groups excluding carboxylic acids is 1. The molecular weight excluding hydrogens is 356 g/mol. The number of aromatic nitrogens is 3. The van der Waals surface area contributed by atoms with Crippen molar-refractivity contribution < 1.29 is 9.21 Å². The van der Waals surface area contributed by atoms with Crippen LogP contribution >= 0.6 is 0 Å². The van der Waals surface area contributed by atoms with Gasteiger partial charge in [-0.25, -0.2) is 9.78 Å². The van der Waals surface area contributed by atoms with Gasteiger partial charge in [0.25, 0.3) is 5.91 Å². The zero-order valence-corrected chi connectivity index (χ0v) is 14.8. The number of hydrogen-bond donors (Lipinski definition) is 1. The quantitative estimate of drug-likeness (QED) is 0.546. The smallest absolute Gasteiger partial charge is 0.349 e. The fourth-order valence-corrected chi connectivity index (χ4v) is 3.74. The Balaban J connectivity index is 1.62. The number of carbonyl (C=O) groups is 1. The van der Waals surface area contributed by atoms with E-state index in [0.717, 1.165) is 17.0 Å². The molecule has 0 saturated carbocycles. The van der Waals surface area contributed by atoms with E-state index in [-0.39, 0.29) is 11.5 Å². The molecule has 0 bridgehead atoms. The van der Waals surface area contributed by atoms with Crippen LogP contribution in [0.15, 0.2) is 70.4 Å². The third-order valence-electron chi connectivity index (χ3n) is 5.08. The van der Waals surface area contributed by atoms with Gasteiger partial charge in [-0.3, -0.25) is 9.78 Å². The summed E-state index contributed by atoms with van der Waals surface area (Å²) in [4.78, 5) is 39.2. The van der Waals surface area contributed by atoms with Gasteiger partial charge < -0.3 is 14.3 Å². The molecule has 4 aromatic rings. The topological polar surface area (TPSA) is 92.1 Å². The van der Waals surface area contributed by atoms with E-state index in [0.29, 0.717) is 23.9 Å². The van der Waals surface area contributed by atoms with Crippen molar-refractivity contribution in [2.75, 3.05) is 6.54 Å². The third-order valence-corrected chi connectivity index (χ3v) is 5.08. The van der Waals surface area contributed by atoms with Crippen LogP contribution in [0.25, 0.3) is 11.0 Å². The number of rotatable bonds is 2. The Hall–Kier alpha value is -3.74. The average Bonchev–Trinajstić information content (AvgIpc) is 3.21. The average molecular weight is 372 g/mol. The summed E-state index contributed by atoms with van der Waals surface area (Å²) in [6.45, 7) is 0.466. The second-order valence-corrected chi connectivity index (χ2v) is 6.68. The van der Waals surface area contributed by atoms with Crippen LogP contribution in [-0.4, -0.2) is 32.3 Å². The molecule has 138 valence electrons. The lowest BCUT2D eigenvalue weighted by Crippen LogP contribution is -2.42. The van der Waals surface area contributed by atoms with Crippen molar-refractivity contribution in [3.8, 4) is 0 Å². The molecule has 0 fully saturated rings. The Kier molecular flexibility index (Phi) is 3.79.